The molecule has 0 spiro atoms. The minimum absolute atomic E-state index is 0.288. The second kappa shape index (κ2) is 8.90. The van der Waals surface area contributed by atoms with E-state index in [4.69, 9.17) is 10.5 Å². The van der Waals surface area contributed by atoms with Gasteiger partial charge >= 0.3 is 0 Å². The van der Waals surface area contributed by atoms with Crippen LogP contribution >= 0.6 is 0 Å². The Morgan fingerprint density at radius 3 is 2.49 bits per heavy atom. The molecule has 0 radical (unpaired) electrons. The molecule has 3 aromatic carbocycles. The van der Waals surface area contributed by atoms with Crippen LogP contribution in [-0.4, -0.2) is 23.8 Å². The number of pyridine rings is 1. The maximum Gasteiger partial charge on any atom is 0.270 e. The molecule has 2 aliphatic heterocycles. The third-order valence-corrected chi connectivity index (χ3v) is 6.88. The Labute approximate surface area is 211 Å². The number of nitrogens with one attached hydrogen (secondary N) is 1. The number of halogens is 2. The SMILES string of the molecule is CN=C(N)c1ccc(CNC(=O)c2cc3c(cn2)C2OC3c3cc(-c4ccc(F)cc4F)ccc32)cc1. The van der Waals surface area contributed by atoms with Crippen LogP contribution in [-0.2, 0) is 11.3 Å². The fourth-order valence-corrected chi connectivity index (χ4v) is 4.94. The van der Waals surface area contributed by atoms with Crippen LogP contribution in [0.15, 0.2) is 77.9 Å². The summed E-state index contributed by atoms with van der Waals surface area (Å²) in [5.74, 6) is -1.09. The normalized spacial score (nSPS) is 17.4. The molecule has 0 fully saturated rings. The van der Waals surface area contributed by atoms with E-state index in [0.717, 1.165) is 39.4 Å². The molecule has 2 bridgehead atoms. The number of hydrogen-bond acceptors (Lipinski definition) is 4. The first-order chi connectivity index (χ1) is 17.9. The average molecular weight is 497 g/mol. The van der Waals surface area contributed by atoms with Gasteiger partial charge in [0.05, 0.1) is 0 Å². The zero-order valence-electron chi connectivity index (χ0n) is 19.8. The van der Waals surface area contributed by atoms with E-state index in [1.165, 1.54) is 12.1 Å². The number of benzene rings is 3. The molecule has 0 saturated heterocycles. The second-order valence-corrected chi connectivity index (χ2v) is 9.05. The predicted octanol–water partition coefficient (Wildman–Crippen LogP) is 4.81. The zero-order chi connectivity index (χ0) is 25.7. The lowest BCUT2D eigenvalue weighted by Crippen LogP contribution is -2.24. The summed E-state index contributed by atoms with van der Waals surface area (Å²) in [5.41, 5.74) is 12.5. The molecule has 6 rings (SSSR count). The number of hydrogen-bond donors (Lipinski definition) is 2. The molecule has 4 aromatic rings. The molecular formula is C29H22F2N4O2. The number of nitrogens with two attached hydrogens (primary N) is 1. The van der Waals surface area contributed by atoms with Crippen molar-refractivity contribution in [2.75, 3.05) is 7.05 Å². The van der Waals surface area contributed by atoms with Crippen LogP contribution in [0.1, 0.15) is 56.1 Å². The Morgan fingerprint density at radius 2 is 1.73 bits per heavy atom. The Morgan fingerprint density at radius 1 is 0.973 bits per heavy atom. The molecule has 1 aromatic heterocycles. The second-order valence-electron chi connectivity index (χ2n) is 9.05. The molecule has 1 amide bonds. The van der Waals surface area contributed by atoms with Crippen molar-refractivity contribution in [2.24, 2.45) is 10.7 Å². The Bertz CT molecular complexity index is 1580. The molecule has 37 heavy (non-hydrogen) atoms. The van der Waals surface area contributed by atoms with Crippen LogP contribution in [0.3, 0.4) is 0 Å². The highest BCUT2D eigenvalue weighted by atomic mass is 19.1. The average Bonchev–Trinajstić information content (AvgIpc) is 3.48. The van der Waals surface area contributed by atoms with E-state index in [-0.39, 0.29) is 23.8 Å². The minimum atomic E-state index is -0.621. The summed E-state index contributed by atoms with van der Waals surface area (Å²) in [4.78, 5) is 21.2. The van der Waals surface area contributed by atoms with Gasteiger partial charge in [0.25, 0.3) is 5.91 Å². The van der Waals surface area contributed by atoms with E-state index < -0.39 is 11.6 Å². The van der Waals surface area contributed by atoms with Crippen LogP contribution in [0.4, 0.5) is 8.78 Å². The van der Waals surface area contributed by atoms with Gasteiger partial charge in [-0.25, -0.2) is 8.78 Å². The highest BCUT2D eigenvalue weighted by Crippen LogP contribution is 2.54. The van der Waals surface area contributed by atoms with Crippen LogP contribution in [0.2, 0.25) is 0 Å². The quantitative estimate of drug-likeness (QED) is 0.306. The van der Waals surface area contributed by atoms with Gasteiger partial charge in [-0.2, -0.15) is 0 Å². The van der Waals surface area contributed by atoms with Crippen LogP contribution < -0.4 is 11.1 Å². The molecule has 2 unspecified atom stereocenters. The van der Waals surface area contributed by atoms with Gasteiger partial charge in [-0.1, -0.05) is 36.4 Å². The third kappa shape index (κ3) is 3.95. The van der Waals surface area contributed by atoms with Gasteiger partial charge < -0.3 is 15.8 Å². The summed E-state index contributed by atoms with van der Waals surface area (Å²) in [6.45, 7) is 0.332. The zero-order valence-corrected chi connectivity index (χ0v) is 19.8. The van der Waals surface area contributed by atoms with Crippen molar-refractivity contribution in [3.63, 3.8) is 0 Å². The van der Waals surface area contributed by atoms with E-state index >= 15 is 0 Å². The molecular weight excluding hydrogens is 474 g/mol. The number of nitrogens with zero attached hydrogens (tertiary/aromatic N) is 2. The molecule has 8 heteroatoms. The van der Waals surface area contributed by atoms with Crippen molar-refractivity contribution in [1.82, 2.24) is 10.3 Å². The van der Waals surface area contributed by atoms with Gasteiger partial charge in [-0.15, -0.1) is 0 Å². The number of carbonyl (C=O) groups excluding carboxylic acids is 1. The number of amides is 1. The van der Waals surface area contributed by atoms with Gasteiger partial charge in [0.1, 0.15) is 35.4 Å². The van der Waals surface area contributed by atoms with E-state index in [2.05, 4.69) is 15.3 Å². The molecule has 0 aliphatic carbocycles. The van der Waals surface area contributed by atoms with Crippen LogP contribution in [0, 0.1) is 11.6 Å². The molecule has 2 atom stereocenters. The third-order valence-electron chi connectivity index (χ3n) is 6.88. The standard InChI is InChI=1S/C29H22F2N4O2/c1-33-28(32)16-4-2-15(3-5-16)13-35-29(36)25-12-22-23(14-34-25)26-20-8-6-17(10-21(20)27(22)37-26)19-9-7-18(30)11-24(19)31/h2-12,14,26-27H,13H2,1H3,(H2,32,33)(H,35,36). The van der Waals surface area contributed by atoms with Crippen molar-refractivity contribution < 1.29 is 18.3 Å². The lowest BCUT2D eigenvalue weighted by atomic mass is 9.85. The monoisotopic (exact) mass is 496 g/mol. The number of amidine groups is 1. The van der Waals surface area contributed by atoms with Gasteiger partial charge in [0, 0.05) is 42.5 Å². The topological polar surface area (TPSA) is 89.6 Å². The Kier molecular flexibility index (Phi) is 5.53. The van der Waals surface area contributed by atoms with E-state index in [1.807, 2.05) is 42.5 Å². The van der Waals surface area contributed by atoms with Crippen molar-refractivity contribution in [3.8, 4) is 11.1 Å². The molecule has 0 saturated carbocycles. The summed E-state index contributed by atoms with van der Waals surface area (Å²) in [6.07, 6.45) is 1.02. The van der Waals surface area contributed by atoms with Crippen molar-refractivity contribution in [2.45, 2.75) is 18.8 Å². The first kappa shape index (κ1) is 23.0. The summed E-state index contributed by atoms with van der Waals surface area (Å²) < 4.78 is 34.0. The Hall–Kier alpha value is -4.43. The molecule has 184 valence electrons. The molecule has 3 N–H and O–H groups in total. The van der Waals surface area contributed by atoms with Crippen LogP contribution in [0.5, 0.6) is 0 Å². The van der Waals surface area contributed by atoms with E-state index in [1.54, 1.807) is 19.3 Å². The van der Waals surface area contributed by atoms with Gasteiger partial charge in [0.2, 0.25) is 0 Å². The fourth-order valence-electron chi connectivity index (χ4n) is 4.94. The van der Waals surface area contributed by atoms with Crippen molar-refractivity contribution in [3.05, 3.63) is 124 Å². The number of carbonyl (C=O) groups is 1. The Balaban J connectivity index is 1.22. The number of fused-ring (bicyclic) bond motifs is 8. The minimum Gasteiger partial charge on any atom is -0.384 e. The van der Waals surface area contributed by atoms with Crippen LogP contribution in [0.25, 0.3) is 11.1 Å². The summed E-state index contributed by atoms with van der Waals surface area (Å²) in [5, 5.41) is 2.90. The molecule has 3 heterocycles. The number of aliphatic imine (C=N–C) groups is 1. The summed E-state index contributed by atoms with van der Waals surface area (Å²) in [7, 11) is 1.63. The number of aromatic nitrogens is 1. The van der Waals surface area contributed by atoms with Crippen molar-refractivity contribution in [1.29, 1.82) is 0 Å². The highest BCUT2D eigenvalue weighted by Gasteiger charge is 2.43. The van der Waals surface area contributed by atoms with Gasteiger partial charge in [0.15, 0.2) is 0 Å². The molecule has 6 nitrogen and oxygen atoms in total. The maximum atomic E-state index is 14.4. The lowest BCUT2D eigenvalue weighted by Gasteiger charge is -2.17. The van der Waals surface area contributed by atoms with E-state index in [0.29, 0.717) is 23.5 Å². The van der Waals surface area contributed by atoms with Gasteiger partial charge in [-0.3, -0.25) is 14.8 Å². The highest BCUT2D eigenvalue weighted by molar-refractivity contribution is 5.97. The molecule has 2 aliphatic rings. The predicted molar refractivity (Wildman–Crippen MR) is 135 cm³/mol. The van der Waals surface area contributed by atoms with Gasteiger partial charge in [-0.05, 0) is 52.1 Å². The summed E-state index contributed by atoms with van der Waals surface area (Å²) >= 11 is 0. The first-order valence-corrected chi connectivity index (χ1v) is 11.8. The van der Waals surface area contributed by atoms with E-state index in [9.17, 15) is 13.6 Å². The van der Waals surface area contributed by atoms with Crippen molar-refractivity contribution >= 4 is 11.7 Å². The maximum absolute atomic E-state index is 14.4. The largest absolute Gasteiger partial charge is 0.384 e. The first-order valence-electron chi connectivity index (χ1n) is 11.8. The number of ether oxygens (including phenoxy) is 1. The number of rotatable bonds is 5. The summed E-state index contributed by atoms with van der Waals surface area (Å²) in [6, 6.07) is 18.4. The lowest BCUT2D eigenvalue weighted by molar-refractivity contribution is 0.0857. The smallest absolute Gasteiger partial charge is 0.270 e. The fraction of sp³-hybridized carbons (Fsp3) is 0.138.